The highest BCUT2D eigenvalue weighted by atomic mass is 32.2. The van der Waals surface area contributed by atoms with Gasteiger partial charge in [0.15, 0.2) is 0 Å². The summed E-state index contributed by atoms with van der Waals surface area (Å²) in [5.41, 5.74) is 4.91. The van der Waals surface area contributed by atoms with Crippen molar-refractivity contribution in [3.05, 3.63) is 6.42 Å². The summed E-state index contributed by atoms with van der Waals surface area (Å²) in [5, 5.41) is 10.3. The fourth-order valence-electron chi connectivity index (χ4n) is 3.74. The first kappa shape index (κ1) is 17.7. The highest BCUT2D eigenvalue weighted by Gasteiger charge is 2.52. The lowest BCUT2D eigenvalue weighted by Gasteiger charge is -2.43. The molecular weight excluding hydrogens is 306 g/mol. The lowest BCUT2D eigenvalue weighted by atomic mass is 9.87. The van der Waals surface area contributed by atoms with E-state index in [1.165, 1.54) is 4.31 Å². The van der Waals surface area contributed by atoms with E-state index in [2.05, 4.69) is 6.42 Å². The van der Waals surface area contributed by atoms with E-state index < -0.39 is 21.7 Å². The van der Waals surface area contributed by atoms with Crippen LogP contribution in [-0.4, -0.2) is 72.2 Å². The topological polar surface area (TPSA) is 104 Å². The smallest absolute Gasteiger partial charge is 0.237 e. The van der Waals surface area contributed by atoms with Crippen LogP contribution in [0.25, 0.3) is 0 Å². The number of β-amino-alcohol motifs (C(OH)–C–C–N with tert-alkyl or cyclic N) is 1. The van der Waals surface area contributed by atoms with Gasteiger partial charge in [0.05, 0.1) is 12.4 Å². The highest BCUT2D eigenvalue weighted by molar-refractivity contribution is 7.88. The summed E-state index contributed by atoms with van der Waals surface area (Å²) < 4.78 is 24.5. The number of piperidine rings is 1. The number of nitrogens with zero attached hydrogens (tertiary/aromatic N) is 2. The molecule has 2 aliphatic rings. The van der Waals surface area contributed by atoms with Gasteiger partial charge in [0.2, 0.25) is 15.9 Å². The van der Waals surface area contributed by atoms with E-state index in [1.807, 2.05) is 4.90 Å². The maximum atomic E-state index is 11.9. The summed E-state index contributed by atoms with van der Waals surface area (Å²) in [7, 11) is -3.34. The van der Waals surface area contributed by atoms with Gasteiger partial charge in [-0.3, -0.25) is 9.69 Å². The molecule has 127 valence electrons. The molecule has 0 saturated carbocycles. The van der Waals surface area contributed by atoms with Gasteiger partial charge in [0, 0.05) is 25.7 Å². The molecule has 1 amide bonds. The van der Waals surface area contributed by atoms with Crippen molar-refractivity contribution in [2.45, 2.75) is 50.3 Å². The molecule has 2 bridgehead atoms. The molecule has 22 heavy (non-hydrogen) atoms. The number of rotatable bonds is 7. The average Bonchev–Trinajstić information content (AvgIpc) is 2.63. The number of aliphatic hydroxyl groups is 1. The van der Waals surface area contributed by atoms with Crippen molar-refractivity contribution >= 4 is 15.9 Å². The van der Waals surface area contributed by atoms with Crippen LogP contribution in [-0.2, 0) is 14.8 Å². The first-order chi connectivity index (χ1) is 10.2. The van der Waals surface area contributed by atoms with Crippen LogP contribution in [0.15, 0.2) is 0 Å². The number of amides is 1. The van der Waals surface area contributed by atoms with Crippen molar-refractivity contribution < 1.29 is 18.3 Å². The molecule has 2 saturated heterocycles. The van der Waals surface area contributed by atoms with Gasteiger partial charge < -0.3 is 10.8 Å². The second-order valence-electron chi connectivity index (χ2n) is 6.34. The molecule has 0 aliphatic carbocycles. The summed E-state index contributed by atoms with van der Waals surface area (Å²) in [6, 6.07) is 0.212. The number of nitrogens with two attached hydrogens (primary N) is 1. The summed E-state index contributed by atoms with van der Waals surface area (Å²) >= 11 is 0. The number of fused-ring (bicyclic) bond motifs is 2. The Morgan fingerprint density at radius 2 is 2.27 bits per heavy atom. The van der Waals surface area contributed by atoms with Gasteiger partial charge in [-0.05, 0) is 32.1 Å². The highest BCUT2D eigenvalue weighted by Crippen LogP contribution is 2.43. The number of hydrogen-bond donors (Lipinski definition) is 2. The number of hydrogen-bond acceptors (Lipinski definition) is 5. The largest absolute Gasteiger partial charge is 0.390 e. The predicted octanol–water partition coefficient (Wildman–Crippen LogP) is -0.685. The lowest BCUT2D eigenvalue weighted by molar-refractivity contribution is -0.131. The monoisotopic (exact) mass is 332 g/mol. The minimum Gasteiger partial charge on any atom is -0.390 e. The zero-order valence-corrected chi connectivity index (χ0v) is 14.1. The van der Waals surface area contributed by atoms with E-state index in [1.54, 1.807) is 6.92 Å². The fourth-order valence-corrected chi connectivity index (χ4v) is 4.65. The Hall–Kier alpha value is -0.700. The van der Waals surface area contributed by atoms with Crippen LogP contribution in [0.3, 0.4) is 0 Å². The molecule has 2 rings (SSSR count). The van der Waals surface area contributed by atoms with Crippen LogP contribution in [0.2, 0.25) is 0 Å². The van der Waals surface area contributed by atoms with E-state index in [9.17, 15) is 18.3 Å². The molecule has 0 spiro atoms. The van der Waals surface area contributed by atoms with Crippen LogP contribution >= 0.6 is 0 Å². The molecular formula is C14H26N3O4S. The number of carbonyl (C=O) groups excluding carboxylic acids is 1. The zero-order chi connectivity index (χ0) is 16.5. The van der Waals surface area contributed by atoms with Crippen LogP contribution in [0.5, 0.6) is 0 Å². The minimum absolute atomic E-state index is 0.0388. The van der Waals surface area contributed by atoms with E-state index >= 15 is 0 Å². The van der Waals surface area contributed by atoms with Gasteiger partial charge in [-0.25, -0.2) is 8.42 Å². The summed E-state index contributed by atoms with van der Waals surface area (Å²) in [4.78, 5) is 13.9. The zero-order valence-electron chi connectivity index (χ0n) is 13.2. The number of likely N-dealkylation sites (N-methyl/N-ethyl adjacent to an activating group) is 1. The van der Waals surface area contributed by atoms with Gasteiger partial charge in [-0.15, -0.1) is 0 Å². The molecule has 2 fully saturated rings. The van der Waals surface area contributed by atoms with Gasteiger partial charge in [0.1, 0.15) is 5.54 Å². The second-order valence-corrected chi connectivity index (χ2v) is 8.32. The van der Waals surface area contributed by atoms with Crippen molar-refractivity contribution in [1.29, 1.82) is 0 Å². The van der Waals surface area contributed by atoms with Crippen molar-refractivity contribution in [1.82, 2.24) is 9.21 Å². The Labute approximate surface area is 132 Å². The van der Waals surface area contributed by atoms with Crippen LogP contribution in [0.1, 0.15) is 32.6 Å². The Morgan fingerprint density at radius 1 is 1.59 bits per heavy atom. The van der Waals surface area contributed by atoms with Gasteiger partial charge in [0.25, 0.3) is 0 Å². The summed E-state index contributed by atoms with van der Waals surface area (Å²) in [6.07, 6.45) is 5.47. The molecule has 0 aromatic rings. The molecule has 8 heteroatoms. The molecule has 7 nitrogen and oxygen atoms in total. The SMILES string of the molecule is CCN(C[C@H](O)CN1[C@@H]2C[CH]C[C@@]1(C(N)=O)CC2)S(C)(=O)=O. The van der Waals surface area contributed by atoms with Crippen molar-refractivity contribution in [2.75, 3.05) is 25.9 Å². The van der Waals surface area contributed by atoms with Gasteiger partial charge >= 0.3 is 0 Å². The number of sulfonamides is 1. The van der Waals surface area contributed by atoms with Crippen molar-refractivity contribution in [3.8, 4) is 0 Å². The fraction of sp³-hybridized carbons (Fsp3) is 0.857. The van der Waals surface area contributed by atoms with Crippen LogP contribution in [0, 0.1) is 6.42 Å². The Kier molecular flexibility index (Phi) is 5.16. The Morgan fingerprint density at radius 3 is 2.82 bits per heavy atom. The third kappa shape index (κ3) is 3.29. The summed E-state index contributed by atoms with van der Waals surface area (Å²) in [6.45, 7) is 2.36. The second kappa shape index (κ2) is 6.43. The maximum absolute atomic E-state index is 11.9. The van der Waals surface area contributed by atoms with Crippen LogP contribution in [0.4, 0.5) is 0 Å². The third-order valence-electron chi connectivity index (χ3n) is 4.90. The number of primary amides is 1. The molecule has 0 unspecified atom stereocenters. The first-order valence-electron chi connectivity index (χ1n) is 7.72. The lowest BCUT2D eigenvalue weighted by Crippen LogP contribution is -2.60. The molecule has 2 heterocycles. The number of aliphatic hydroxyl groups excluding tert-OH is 1. The molecule has 0 aromatic carbocycles. The normalized spacial score (nSPS) is 30.6. The maximum Gasteiger partial charge on any atom is 0.237 e. The van der Waals surface area contributed by atoms with Crippen molar-refractivity contribution in [2.24, 2.45) is 5.73 Å². The van der Waals surface area contributed by atoms with Crippen LogP contribution < -0.4 is 5.73 Å². The van der Waals surface area contributed by atoms with E-state index in [0.717, 1.165) is 19.1 Å². The van der Waals surface area contributed by atoms with Gasteiger partial charge in [-0.2, -0.15) is 4.31 Å². The summed E-state index contributed by atoms with van der Waals surface area (Å²) in [5.74, 6) is -0.353. The predicted molar refractivity (Wildman–Crippen MR) is 83.3 cm³/mol. The standard InChI is InChI=1S/C14H26N3O4S/c1-3-16(22(2,20)21)9-12(18)10-17-11-5-4-7-14(17,8-6-11)13(15)19/h4,11-12,18H,3,5-10H2,1-2H3,(H2,15,19)/t11-,12+,14+/m1/s1. The number of carbonyl (C=O) groups is 1. The Bertz CT molecular complexity index is 520. The minimum atomic E-state index is -3.34. The molecule has 2 aliphatic heterocycles. The third-order valence-corrected chi connectivity index (χ3v) is 6.25. The van der Waals surface area contributed by atoms with E-state index in [-0.39, 0.29) is 25.0 Å². The molecule has 1 radical (unpaired) electrons. The average molecular weight is 332 g/mol. The first-order valence-corrected chi connectivity index (χ1v) is 9.57. The van der Waals surface area contributed by atoms with E-state index in [0.29, 0.717) is 19.4 Å². The molecule has 0 aromatic heterocycles. The van der Waals surface area contributed by atoms with Crippen molar-refractivity contribution in [3.63, 3.8) is 0 Å². The molecule has 3 N–H and O–H groups in total. The van der Waals surface area contributed by atoms with E-state index in [4.69, 9.17) is 5.73 Å². The van der Waals surface area contributed by atoms with Gasteiger partial charge in [-0.1, -0.05) is 6.92 Å². The quantitative estimate of drug-likeness (QED) is 0.642. The molecule has 3 atom stereocenters. The Balaban J connectivity index is 2.07.